The van der Waals surface area contributed by atoms with Crippen molar-refractivity contribution in [2.75, 3.05) is 23.8 Å². The number of ether oxygens (including phenoxy) is 2. The minimum Gasteiger partial charge on any atom is -0.462 e. The predicted molar refractivity (Wildman–Crippen MR) is 149 cm³/mol. The van der Waals surface area contributed by atoms with Crippen LogP contribution in [0.25, 0.3) is 0 Å². The SMILES string of the molecule is CCOC(=O)c1sc(NC(=O)c2nn3c(c2Br)N[C@H](c2ccc(Br)cc2)C[C@H]3C(F)(F)F)c(C(=O)OCC)c1C. The van der Waals surface area contributed by atoms with Gasteiger partial charge in [-0.1, -0.05) is 28.1 Å². The van der Waals surface area contributed by atoms with Gasteiger partial charge in [-0.15, -0.1) is 11.3 Å². The van der Waals surface area contributed by atoms with Crippen molar-refractivity contribution in [3.05, 3.63) is 60.5 Å². The topological polar surface area (TPSA) is 112 Å². The highest BCUT2D eigenvalue weighted by molar-refractivity contribution is 9.11. The van der Waals surface area contributed by atoms with Gasteiger partial charge in [0.05, 0.1) is 29.3 Å². The number of hydrogen-bond acceptors (Lipinski definition) is 8. The molecular formula is C25H23Br2F3N4O5S. The van der Waals surface area contributed by atoms with Gasteiger partial charge in [0.1, 0.15) is 15.7 Å². The molecule has 1 amide bonds. The number of benzene rings is 1. The van der Waals surface area contributed by atoms with Crippen LogP contribution in [0.5, 0.6) is 0 Å². The lowest BCUT2D eigenvalue weighted by Crippen LogP contribution is -2.35. The van der Waals surface area contributed by atoms with Crippen molar-refractivity contribution in [3.8, 4) is 0 Å². The summed E-state index contributed by atoms with van der Waals surface area (Å²) in [6.07, 6.45) is -5.01. The third kappa shape index (κ3) is 5.91. The number of fused-ring (bicyclic) bond motifs is 1. The van der Waals surface area contributed by atoms with E-state index < -0.39 is 36.1 Å². The molecular weight excluding hydrogens is 685 g/mol. The van der Waals surface area contributed by atoms with Gasteiger partial charge in [-0.3, -0.25) is 4.79 Å². The van der Waals surface area contributed by atoms with Crippen molar-refractivity contribution >= 4 is 71.9 Å². The summed E-state index contributed by atoms with van der Waals surface area (Å²) in [4.78, 5) is 38.6. The number of rotatable bonds is 7. The number of nitrogens with one attached hydrogen (secondary N) is 2. The molecule has 0 unspecified atom stereocenters. The summed E-state index contributed by atoms with van der Waals surface area (Å²) in [5, 5.41) is 9.57. The van der Waals surface area contributed by atoms with Crippen molar-refractivity contribution < 1.29 is 37.0 Å². The number of alkyl halides is 3. The van der Waals surface area contributed by atoms with E-state index in [0.717, 1.165) is 20.5 Å². The van der Waals surface area contributed by atoms with Gasteiger partial charge in [0.25, 0.3) is 5.91 Å². The molecule has 1 aliphatic rings. The number of anilines is 2. The van der Waals surface area contributed by atoms with E-state index in [9.17, 15) is 27.6 Å². The highest BCUT2D eigenvalue weighted by Crippen LogP contribution is 2.46. The highest BCUT2D eigenvalue weighted by Gasteiger charge is 2.48. The molecule has 0 saturated carbocycles. The number of hydrogen-bond donors (Lipinski definition) is 2. The first-order valence-corrected chi connectivity index (χ1v) is 14.4. The molecule has 1 aromatic carbocycles. The second-order valence-corrected chi connectivity index (χ2v) is 11.4. The van der Waals surface area contributed by atoms with Crippen LogP contribution in [0.4, 0.5) is 24.0 Å². The van der Waals surface area contributed by atoms with Crippen LogP contribution in [0.2, 0.25) is 0 Å². The quantitative estimate of drug-likeness (QED) is 0.253. The van der Waals surface area contributed by atoms with E-state index in [-0.39, 0.29) is 56.6 Å². The summed E-state index contributed by atoms with van der Waals surface area (Å²) in [7, 11) is 0. The van der Waals surface area contributed by atoms with E-state index in [2.05, 4.69) is 47.6 Å². The maximum atomic E-state index is 14.2. The van der Waals surface area contributed by atoms with Crippen LogP contribution in [-0.4, -0.2) is 47.0 Å². The summed E-state index contributed by atoms with van der Waals surface area (Å²) < 4.78 is 54.1. The van der Waals surface area contributed by atoms with E-state index in [1.54, 1.807) is 38.1 Å². The monoisotopic (exact) mass is 706 g/mol. The van der Waals surface area contributed by atoms with Gasteiger partial charge in [-0.25, -0.2) is 14.3 Å². The van der Waals surface area contributed by atoms with Gasteiger partial charge in [0.15, 0.2) is 11.7 Å². The summed E-state index contributed by atoms with van der Waals surface area (Å²) in [6.45, 7) is 4.86. The molecule has 0 fully saturated rings. The normalized spacial score (nSPS) is 16.6. The van der Waals surface area contributed by atoms with Crippen molar-refractivity contribution in [2.24, 2.45) is 0 Å². The Balaban J connectivity index is 1.72. The Morgan fingerprint density at radius 1 is 1.12 bits per heavy atom. The molecule has 0 saturated heterocycles. The minimum absolute atomic E-state index is 0.0117. The second-order valence-electron chi connectivity index (χ2n) is 8.65. The van der Waals surface area contributed by atoms with Gasteiger partial charge in [-0.2, -0.15) is 18.3 Å². The molecule has 214 valence electrons. The first-order valence-electron chi connectivity index (χ1n) is 12.0. The fourth-order valence-corrected chi connectivity index (χ4v) is 6.16. The number of nitrogens with zero attached hydrogens (tertiary/aromatic N) is 2. The zero-order chi connectivity index (χ0) is 29.4. The van der Waals surface area contributed by atoms with Gasteiger partial charge in [0.2, 0.25) is 0 Å². The molecule has 3 heterocycles. The molecule has 15 heteroatoms. The average Bonchev–Trinajstić information content (AvgIpc) is 3.40. The average molecular weight is 708 g/mol. The van der Waals surface area contributed by atoms with Crippen molar-refractivity contribution in [2.45, 2.75) is 45.5 Å². The fraction of sp³-hybridized carbons (Fsp3) is 0.360. The summed E-state index contributed by atoms with van der Waals surface area (Å²) >= 11 is 7.37. The van der Waals surface area contributed by atoms with Crippen LogP contribution in [0.1, 0.15) is 74.0 Å². The zero-order valence-electron chi connectivity index (χ0n) is 21.3. The van der Waals surface area contributed by atoms with Gasteiger partial charge in [-0.05, 0) is 60.0 Å². The first-order chi connectivity index (χ1) is 18.9. The zero-order valence-corrected chi connectivity index (χ0v) is 25.3. The second kappa shape index (κ2) is 11.9. The summed E-state index contributed by atoms with van der Waals surface area (Å²) in [5.41, 5.74) is 0.482. The molecule has 2 atom stereocenters. The third-order valence-corrected chi connectivity index (χ3v) is 8.56. The van der Waals surface area contributed by atoms with Crippen molar-refractivity contribution in [1.29, 1.82) is 0 Å². The van der Waals surface area contributed by atoms with Crippen LogP contribution >= 0.6 is 43.2 Å². The largest absolute Gasteiger partial charge is 0.462 e. The lowest BCUT2D eigenvalue weighted by molar-refractivity contribution is -0.173. The predicted octanol–water partition coefficient (Wildman–Crippen LogP) is 7.04. The Labute approximate surface area is 247 Å². The number of carbonyl (C=O) groups is 3. The fourth-order valence-electron chi connectivity index (χ4n) is 4.25. The molecule has 2 N–H and O–H groups in total. The number of esters is 2. The Bertz CT molecular complexity index is 1460. The Morgan fingerprint density at radius 2 is 1.75 bits per heavy atom. The van der Waals surface area contributed by atoms with Crippen LogP contribution in [-0.2, 0) is 9.47 Å². The lowest BCUT2D eigenvalue weighted by Gasteiger charge is -2.33. The van der Waals surface area contributed by atoms with Crippen molar-refractivity contribution in [1.82, 2.24) is 9.78 Å². The van der Waals surface area contributed by atoms with Crippen LogP contribution in [0.3, 0.4) is 0 Å². The van der Waals surface area contributed by atoms with E-state index in [1.807, 2.05) is 0 Å². The molecule has 0 bridgehead atoms. The molecule has 2 aromatic heterocycles. The number of carbonyl (C=O) groups excluding carboxylic acids is 3. The minimum atomic E-state index is -4.65. The highest BCUT2D eigenvalue weighted by atomic mass is 79.9. The van der Waals surface area contributed by atoms with Crippen molar-refractivity contribution in [3.63, 3.8) is 0 Å². The molecule has 40 heavy (non-hydrogen) atoms. The maximum absolute atomic E-state index is 14.2. The van der Waals surface area contributed by atoms with E-state index in [0.29, 0.717) is 5.56 Å². The summed E-state index contributed by atoms with van der Waals surface area (Å²) in [6, 6.07) is 4.16. The van der Waals surface area contributed by atoms with Crippen LogP contribution < -0.4 is 10.6 Å². The Hall–Kier alpha value is -2.91. The lowest BCUT2D eigenvalue weighted by atomic mass is 9.97. The maximum Gasteiger partial charge on any atom is 0.410 e. The molecule has 0 spiro atoms. The number of amides is 1. The molecule has 3 aromatic rings. The van der Waals surface area contributed by atoms with Gasteiger partial charge >= 0.3 is 18.1 Å². The molecule has 0 radical (unpaired) electrons. The molecule has 0 aliphatic carbocycles. The van der Waals surface area contributed by atoms with E-state index in [4.69, 9.17) is 9.47 Å². The smallest absolute Gasteiger partial charge is 0.410 e. The van der Waals surface area contributed by atoms with E-state index in [1.165, 1.54) is 6.92 Å². The molecule has 1 aliphatic heterocycles. The van der Waals surface area contributed by atoms with Gasteiger partial charge < -0.3 is 20.1 Å². The van der Waals surface area contributed by atoms with E-state index >= 15 is 0 Å². The van der Waals surface area contributed by atoms with Crippen LogP contribution in [0.15, 0.2) is 33.2 Å². The Kier molecular flexibility index (Phi) is 8.95. The van der Waals surface area contributed by atoms with Gasteiger partial charge in [0, 0.05) is 10.9 Å². The number of thiophene rings is 1. The number of aromatic nitrogens is 2. The Morgan fingerprint density at radius 3 is 2.35 bits per heavy atom. The first kappa shape index (κ1) is 30.1. The molecule has 4 rings (SSSR count). The summed E-state index contributed by atoms with van der Waals surface area (Å²) in [5.74, 6) is -2.38. The standard InChI is InChI=1S/C25H23Br2F3N4O5S/c1-4-38-23(36)16-11(3)19(24(37)39-5-2)40-22(16)32-21(35)18-17(27)20-31-14(12-6-8-13(26)9-7-12)10-15(25(28,29)30)34(20)33-18/h6-9,14-15,31H,4-5,10H2,1-3H3,(H,32,35)/t14-,15-/m0/s1. The van der Waals surface area contributed by atoms with Crippen LogP contribution in [0, 0.1) is 6.92 Å². The molecule has 9 nitrogen and oxygen atoms in total. The third-order valence-electron chi connectivity index (χ3n) is 6.10. The number of halogens is 5.